The van der Waals surface area contributed by atoms with Gasteiger partial charge in [-0.05, 0) is 52.4 Å². The van der Waals surface area contributed by atoms with Crippen LogP contribution in [0.4, 0.5) is 5.95 Å². The van der Waals surface area contributed by atoms with Gasteiger partial charge in [-0.1, -0.05) is 33.2 Å². The maximum Gasteiger partial charge on any atom is 0.355 e. The van der Waals surface area contributed by atoms with Crippen LogP contribution in [-0.4, -0.2) is 52.1 Å². The molecule has 4 rings (SSSR count). The van der Waals surface area contributed by atoms with Crippen molar-refractivity contribution >= 4 is 39.6 Å². The standard InChI is InChI=1S/C21H16BrN5O5/c1-31-19(29)13-5-3-11(4-6-13)17-15(18(28)12-7-9-14(22)10-8-12)16(20(30)32-2)23-21-24-25-26-27(17)21/h3-10,17H,1-2H3,(H,23,24,26)/t17-/m0/s1. The molecule has 32 heavy (non-hydrogen) atoms. The third-order valence-corrected chi connectivity index (χ3v) is 5.43. The molecular weight excluding hydrogens is 482 g/mol. The number of halogens is 1. The highest BCUT2D eigenvalue weighted by Crippen LogP contribution is 2.36. The van der Waals surface area contributed by atoms with E-state index < -0.39 is 23.8 Å². The van der Waals surface area contributed by atoms with E-state index in [2.05, 4.69) is 36.8 Å². The molecule has 0 amide bonds. The second-order valence-electron chi connectivity index (χ2n) is 6.70. The van der Waals surface area contributed by atoms with Gasteiger partial charge in [0.25, 0.3) is 0 Å². The first-order valence-electron chi connectivity index (χ1n) is 9.30. The lowest BCUT2D eigenvalue weighted by Crippen LogP contribution is -2.33. The van der Waals surface area contributed by atoms with Crippen molar-refractivity contribution in [3.8, 4) is 0 Å². The Morgan fingerprint density at radius 2 is 1.56 bits per heavy atom. The van der Waals surface area contributed by atoms with Crippen molar-refractivity contribution in [2.24, 2.45) is 0 Å². The number of esters is 2. The monoisotopic (exact) mass is 497 g/mol. The van der Waals surface area contributed by atoms with Gasteiger partial charge < -0.3 is 14.8 Å². The van der Waals surface area contributed by atoms with Crippen molar-refractivity contribution in [3.63, 3.8) is 0 Å². The fraction of sp³-hybridized carbons (Fsp3) is 0.143. The van der Waals surface area contributed by atoms with E-state index in [9.17, 15) is 14.4 Å². The summed E-state index contributed by atoms with van der Waals surface area (Å²) in [6.07, 6.45) is 0. The van der Waals surface area contributed by atoms with Gasteiger partial charge in [-0.2, -0.15) is 4.68 Å². The lowest BCUT2D eigenvalue weighted by atomic mass is 9.89. The van der Waals surface area contributed by atoms with Gasteiger partial charge in [-0.3, -0.25) is 4.79 Å². The number of nitrogens with zero attached hydrogens (tertiary/aromatic N) is 4. The van der Waals surface area contributed by atoms with Crippen LogP contribution in [0.1, 0.15) is 32.3 Å². The number of hydrogen-bond acceptors (Lipinski definition) is 9. The number of Topliss-reactive ketones (excluding diaryl/α,β-unsaturated/α-hetero) is 1. The molecule has 162 valence electrons. The lowest BCUT2D eigenvalue weighted by molar-refractivity contribution is -0.136. The number of aromatic nitrogens is 4. The van der Waals surface area contributed by atoms with Crippen LogP contribution in [0.15, 0.2) is 64.3 Å². The maximum atomic E-state index is 13.6. The molecule has 11 heteroatoms. The number of anilines is 1. The van der Waals surface area contributed by atoms with Gasteiger partial charge >= 0.3 is 11.9 Å². The zero-order valence-corrected chi connectivity index (χ0v) is 18.5. The summed E-state index contributed by atoms with van der Waals surface area (Å²) in [5, 5.41) is 14.4. The number of rotatable bonds is 5. The Kier molecular flexibility index (Phi) is 5.82. The van der Waals surface area contributed by atoms with Crippen molar-refractivity contribution in [2.75, 3.05) is 19.5 Å². The molecule has 3 aromatic rings. The lowest BCUT2D eigenvalue weighted by Gasteiger charge is -2.28. The van der Waals surface area contributed by atoms with Crippen molar-refractivity contribution in [3.05, 3.63) is 81.0 Å². The number of ketones is 1. The van der Waals surface area contributed by atoms with E-state index >= 15 is 0 Å². The van der Waals surface area contributed by atoms with Crippen LogP contribution in [0, 0.1) is 0 Å². The van der Waals surface area contributed by atoms with E-state index in [4.69, 9.17) is 9.47 Å². The minimum atomic E-state index is -0.849. The molecule has 0 radical (unpaired) electrons. The highest BCUT2D eigenvalue weighted by molar-refractivity contribution is 9.10. The summed E-state index contributed by atoms with van der Waals surface area (Å²) in [5.74, 6) is -1.48. The number of tetrazole rings is 1. The normalized spacial score (nSPS) is 14.9. The largest absolute Gasteiger partial charge is 0.465 e. The van der Waals surface area contributed by atoms with Crippen molar-refractivity contribution < 1.29 is 23.9 Å². The van der Waals surface area contributed by atoms with Crippen LogP contribution in [0.25, 0.3) is 0 Å². The van der Waals surface area contributed by atoms with Gasteiger partial charge in [-0.15, -0.1) is 0 Å². The smallest absolute Gasteiger partial charge is 0.355 e. The first kappa shape index (κ1) is 21.4. The Hall–Kier alpha value is -3.86. The Balaban J connectivity index is 1.90. The molecule has 2 heterocycles. The van der Waals surface area contributed by atoms with Crippen LogP contribution in [0.5, 0.6) is 0 Å². The number of nitrogens with one attached hydrogen (secondary N) is 1. The zero-order chi connectivity index (χ0) is 22.8. The summed E-state index contributed by atoms with van der Waals surface area (Å²) in [7, 11) is 2.51. The van der Waals surface area contributed by atoms with Crippen LogP contribution in [0.2, 0.25) is 0 Å². The van der Waals surface area contributed by atoms with Crippen molar-refractivity contribution in [1.29, 1.82) is 0 Å². The predicted octanol–water partition coefficient (Wildman–Crippen LogP) is 2.55. The number of benzene rings is 2. The molecule has 0 spiro atoms. The molecule has 0 bridgehead atoms. The minimum Gasteiger partial charge on any atom is -0.465 e. The summed E-state index contributed by atoms with van der Waals surface area (Å²) in [4.78, 5) is 38.0. The molecule has 1 N–H and O–H groups in total. The van der Waals surface area contributed by atoms with Gasteiger partial charge in [0.1, 0.15) is 11.7 Å². The highest BCUT2D eigenvalue weighted by atomic mass is 79.9. The topological polar surface area (TPSA) is 125 Å². The average molecular weight is 498 g/mol. The van der Waals surface area contributed by atoms with E-state index in [1.165, 1.54) is 18.9 Å². The van der Waals surface area contributed by atoms with E-state index in [0.717, 1.165) is 4.47 Å². The van der Waals surface area contributed by atoms with Crippen LogP contribution in [-0.2, 0) is 14.3 Å². The van der Waals surface area contributed by atoms with Crippen LogP contribution >= 0.6 is 15.9 Å². The molecule has 0 saturated carbocycles. The summed E-state index contributed by atoms with van der Waals surface area (Å²) < 4.78 is 11.8. The van der Waals surface area contributed by atoms with Gasteiger partial charge in [0.05, 0.1) is 25.4 Å². The Morgan fingerprint density at radius 3 is 2.19 bits per heavy atom. The highest BCUT2D eigenvalue weighted by Gasteiger charge is 2.38. The van der Waals surface area contributed by atoms with E-state index in [1.54, 1.807) is 48.5 Å². The third-order valence-electron chi connectivity index (χ3n) is 4.91. The summed E-state index contributed by atoms with van der Waals surface area (Å²) in [6.45, 7) is 0. The molecule has 1 aromatic heterocycles. The number of fused-ring (bicyclic) bond motifs is 1. The number of carbonyl (C=O) groups is 3. The van der Waals surface area contributed by atoms with E-state index in [0.29, 0.717) is 16.7 Å². The molecule has 1 aliphatic heterocycles. The molecule has 0 unspecified atom stereocenters. The molecule has 0 fully saturated rings. The molecule has 0 saturated heterocycles. The number of allylic oxidation sites excluding steroid dienone is 1. The average Bonchev–Trinajstić information content (AvgIpc) is 3.30. The summed E-state index contributed by atoms with van der Waals surface area (Å²) in [6, 6.07) is 12.3. The second kappa shape index (κ2) is 8.71. The quantitative estimate of drug-likeness (QED) is 0.417. The first-order chi connectivity index (χ1) is 15.4. The molecular formula is C21H16BrN5O5. The number of methoxy groups -OCH3 is 2. The maximum absolute atomic E-state index is 13.6. The van der Waals surface area contributed by atoms with Gasteiger partial charge in [0.2, 0.25) is 5.95 Å². The Labute approximate surface area is 190 Å². The second-order valence-corrected chi connectivity index (χ2v) is 7.62. The summed E-state index contributed by atoms with van der Waals surface area (Å²) >= 11 is 3.35. The zero-order valence-electron chi connectivity index (χ0n) is 16.9. The predicted molar refractivity (Wildman–Crippen MR) is 115 cm³/mol. The first-order valence-corrected chi connectivity index (χ1v) is 10.1. The molecule has 0 aliphatic carbocycles. The molecule has 2 aromatic carbocycles. The van der Waals surface area contributed by atoms with E-state index in [1.807, 2.05) is 0 Å². The van der Waals surface area contributed by atoms with Crippen LogP contribution in [0.3, 0.4) is 0 Å². The number of hydrogen-bond donors (Lipinski definition) is 1. The van der Waals surface area contributed by atoms with Crippen molar-refractivity contribution in [1.82, 2.24) is 20.2 Å². The SMILES string of the molecule is COC(=O)C1=C(C(=O)c2ccc(Br)cc2)[C@H](c2ccc(C(=O)OC)cc2)n2nnnc2N1. The number of carbonyl (C=O) groups excluding carboxylic acids is 3. The van der Waals surface area contributed by atoms with Gasteiger partial charge in [0, 0.05) is 10.0 Å². The van der Waals surface area contributed by atoms with Gasteiger partial charge in [-0.25, -0.2) is 9.59 Å². The fourth-order valence-electron chi connectivity index (χ4n) is 3.37. The van der Waals surface area contributed by atoms with E-state index in [-0.39, 0.29) is 17.2 Å². The molecule has 1 aliphatic rings. The Morgan fingerprint density at radius 1 is 0.938 bits per heavy atom. The minimum absolute atomic E-state index is 0.0650. The summed E-state index contributed by atoms with van der Waals surface area (Å²) in [5.41, 5.74) is 1.31. The Bertz CT molecular complexity index is 1230. The van der Waals surface area contributed by atoms with Gasteiger partial charge in [0.15, 0.2) is 5.78 Å². The molecule has 10 nitrogen and oxygen atoms in total. The van der Waals surface area contributed by atoms with Crippen LogP contribution < -0.4 is 5.32 Å². The van der Waals surface area contributed by atoms with Crippen molar-refractivity contribution in [2.45, 2.75) is 6.04 Å². The third kappa shape index (κ3) is 3.78. The fourth-order valence-corrected chi connectivity index (χ4v) is 3.64. The molecule has 1 atom stereocenters. The number of ether oxygens (including phenoxy) is 2.